The average Bonchev–Trinajstić information content (AvgIpc) is 3.16. The van der Waals surface area contributed by atoms with Gasteiger partial charge >= 0.3 is 0 Å². The minimum absolute atomic E-state index is 0.251. The molecule has 1 atom stereocenters. The molecule has 4 aromatic rings. The van der Waals surface area contributed by atoms with Crippen molar-refractivity contribution in [3.63, 3.8) is 0 Å². The van der Waals surface area contributed by atoms with Crippen LogP contribution in [0.4, 0.5) is 5.00 Å². The molecular weight excluding hydrogens is 442 g/mol. The number of anilines is 1. The summed E-state index contributed by atoms with van der Waals surface area (Å²) in [5.74, 6) is -0.184. The molecule has 1 aliphatic rings. The molecular formula is C28H27N3O2S. The van der Waals surface area contributed by atoms with Crippen LogP contribution in [0.5, 0.6) is 0 Å². The Kier molecular flexibility index (Phi) is 5.70. The number of aryl methyl sites for hydroxylation is 1. The van der Waals surface area contributed by atoms with E-state index in [9.17, 15) is 9.59 Å². The summed E-state index contributed by atoms with van der Waals surface area (Å²) in [7, 11) is 0. The molecule has 0 bridgehead atoms. The molecule has 34 heavy (non-hydrogen) atoms. The number of amides is 2. The Morgan fingerprint density at radius 3 is 2.53 bits per heavy atom. The zero-order chi connectivity index (χ0) is 24.0. The highest BCUT2D eigenvalue weighted by Crippen LogP contribution is 2.40. The summed E-state index contributed by atoms with van der Waals surface area (Å²) in [5.41, 5.74) is 12.3. The monoisotopic (exact) mass is 469 g/mol. The molecule has 5 rings (SSSR count). The number of para-hydroxylation sites is 1. The van der Waals surface area contributed by atoms with Crippen molar-refractivity contribution in [2.24, 2.45) is 11.7 Å². The summed E-state index contributed by atoms with van der Waals surface area (Å²) in [5, 5.41) is 4.38. The standard InChI is InChI=1S/C28H27N3O2S/c1-15-8-11-18(12-9-15)25-17(3)23(19-6-4-5-7-21(19)30-25)27(33)31-28-24(26(29)32)20-13-10-16(2)14-22(20)34-28/h4-9,11-12,16H,10,13-14H2,1-3H3,(H2,29,32)(H,31,33)/t16-/m0/s1. The highest BCUT2D eigenvalue weighted by Gasteiger charge is 2.28. The van der Waals surface area contributed by atoms with Crippen LogP contribution in [0.15, 0.2) is 48.5 Å². The number of carbonyl (C=O) groups is 2. The molecule has 172 valence electrons. The van der Waals surface area contributed by atoms with E-state index >= 15 is 0 Å². The third-order valence-corrected chi connectivity index (χ3v) is 7.84. The number of carbonyl (C=O) groups excluding carboxylic acids is 2. The molecule has 0 aliphatic heterocycles. The number of hydrogen-bond donors (Lipinski definition) is 2. The highest BCUT2D eigenvalue weighted by atomic mass is 32.1. The third kappa shape index (κ3) is 3.88. The van der Waals surface area contributed by atoms with E-state index in [0.29, 0.717) is 22.0 Å². The first kappa shape index (κ1) is 22.3. The van der Waals surface area contributed by atoms with Crippen molar-refractivity contribution in [1.29, 1.82) is 0 Å². The predicted octanol–water partition coefficient (Wildman–Crippen LogP) is 6.06. The third-order valence-electron chi connectivity index (χ3n) is 6.67. The molecule has 2 heterocycles. The van der Waals surface area contributed by atoms with Crippen LogP contribution in [0.25, 0.3) is 22.2 Å². The van der Waals surface area contributed by atoms with E-state index in [1.54, 1.807) is 0 Å². The molecule has 2 amide bonds. The zero-order valence-electron chi connectivity index (χ0n) is 19.6. The molecule has 5 nitrogen and oxygen atoms in total. The van der Waals surface area contributed by atoms with E-state index in [2.05, 4.69) is 12.2 Å². The van der Waals surface area contributed by atoms with Crippen molar-refractivity contribution >= 4 is 39.1 Å². The SMILES string of the molecule is Cc1ccc(-c2nc3ccccc3c(C(=O)Nc3sc4c(c3C(N)=O)CC[C@H](C)C4)c2C)cc1. The Balaban J connectivity index is 1.63. The fourth-order valence-electron chi connectivity index (χ4n) is 4.86. The molecule has 3 N–H and O–H groups in total. The Labute approximate surface area is 203 Å². The molecule has 2 aromatic carbocycles. The molecule has 2 aromatic heterocycles. The molecule has 0 saturated heterocycles. The van der Waals surface area contributed by atoms with Gasteiger partial charge in [0.1, 0.15) is 5.00 Å². The van der Waals surface area contributed by atoms with Crippen LogP contribution in [-0.2, 0) is 12.8 Å². The zero-order valence-corrected chi connectivity index (χ0v) is 20.4. The number of nitrogens with one attached hydrogen (secondary N) is 1. The van der Waals surface area contributed by atoms with E-state index in [4.69, 9.17) is 10.7 Å². The van der Waals surface area contributed by atoms with Gasteiger partial charge < -0.3 is 11.1 Å². The Bertz CT molecular complexity index is 1440. The normalized spacial score (nSPS) is 15.2. The van der Waals surface area contributed by atoms with E-state index in [-0.39, 0.29) is 5.91 Å². The minimum atomic E-state index is -0.487. The van der Waals surface area contributed by atoms with E-state index in [1.165, 1.54) is 11.3 Å². The number of pyridine rings is 1. The van der Waals surface area contributed by atoms with Crippen molar-refractivity contribution in [2.45, 2.75) is 40.0 Å². The summed E-state index contributed by atoms with van der Waals surface area (Å²) in [6.07, 6.45) is 2.74. The number of fused-ring (bicyclic) bond motifs is 2. The number of hydrogen-bond acceptors (Lipinski definition) is 4. The lowest BCUT2D eigenvalue weighted by Crippen LogP contribution is -2.20. The molecule has 0 saturated carbocycles. The first-order valence-corrected chi connectivity index (χ1v) is 12.4. The van der Waals surface area contributed by atoms with Gasteiger partial charge in [-0.2, -0.15) is 0 Å². The van der Waals surface area contributed by atoms with Crippen LogP contribution in [0.1, 0.15) is 55.6 Å². The number of rotatable bonds is 4. The first-order valence-electron chi connectivity index (χ1n) is 11.6. The number of primary amides is 1. The van der Waals surface area contributed by atoms with E-state index in [1.807, 2.05) is 62.4 Å². The number of nitrogens with zero attached hydrogens (tertiary/aromatic N) is 1. The molecule has 6 heteroatoms. The van der Waals surface area contributed by atoms with Gasteiger partial charge in [-0.3, -0.25) is 9.59 Å². The lowest BCUT2D eigenvalue weighted by atomic mass is 9.88. The molecule has 0 radical (unpaired) electrons. The number of benzene rings is 2. The van der Waals surface area contributed by atoms with E-state index < -0.39 is 5.91 Å². The summed E-state index contributed by atoms with van der Waals surface area (Å²) in [4.78, 5) is 32.2. The smallest absolute Gasteiger partial charge is 0.257 e. The maximum absolute atomic E-state index is 13.8. The largest absolute Gasteiger partial charge is 0.365 e. The summed E-state index contributed by atoms with van der Waals surface area (Å²) in [6.45, 7) is 6.19. The van der Waals surface area contributed by atoms with Gasteiger partial charge in [-0.25, -0.2) is 4.98 Å². The van der Waals surface area contributed by atoms with Crippen LogP contribution in [0.2, 0.25) is 0 Å². The van der Waals surface area contributed by atoms with Gasteiger partial charge in [0.2, 0.25) is 0 Å². The second kappa shape index (κ2) is 8.69. The van der Waals surface area contributed by atoms with Gasteiger partial charge in [-0.05, 0) is 56.2 Å². The van der Waals surface area contributed by atoms with Crippen molar-refractivity contribution in [3.8, 4) is 11.3 Å². The average molecular weight is 470 g/mol. The number of aromatic nitrogens is 1. The van der Waals surface area contributed by atoms with Crippen molar-refractivity contribution in [3.05, 3.63) is 81.2 Å². The summed E-state index contributed by atoms with van der Waals surface area (Å²) in [6, 6.07) is 15.8. The van der Waals surface area contributed by atoms with Gasteiger partial charge in [-0.15, -0.1) is 11.3 Å². The van der Waals surface area contributed by atoms with Crippen LogP contribution >= 0.6 is 11.3 Å². The maximum Gasteiger partial charge on any atom is 0.257 e. The Morgan fingerprint density at radius 2 is 1.79 bits per heavy atom. The molecule has 0 fully saturated rings. The predicted molar refractivity (Wildman–Crippen MR) is 139 cm³/mol. The fourth-order valence-corrected chi connectivity index (χ4v) is 6.27. The quantitative estimate of drug-likeness (QED) is 0.381. The topological polar surface area (TPSA) is 85.1 Å². The Hall–Kier alpha value is -3.51. The van der Waals surface area contributed by atoms with Crippen LogP contribution < -0.4 is 11.1 Å². The lowest BCUT2D eigenvalue weighted by Gasteiger charge is -2.18. The molecule has 0 spiro atoms. The second-order valence-electron chi connectivity index (χ2n) is 9.22. The minimum Gasteiger partial charge on any atom is -0.365 e. The highest BCUT2D eigenvalue weighted by molar-refractivity contribution is 7.17. The summed E-state index contributed by atoms with van der Waals surface area (Å²) >= 11 is 1.48. The molecule has 1 aliphatic carbocycles. The lowest BCUT2D eigenvalue weighted by molar-refractivity contribution is 0.1000. The van der Waals surface area contributed by atoms with Crippen LogP contribution in [-0.4, -0.2) is 16.8 Å². The van der Waals surface area contributed by atoms with Crippen molar-refractivity contribution in [1.82, 2.24) is 4.98 Å². The van der Waals surface area contributed by atoms with Gasteiger partial charge in [0.25, 0.3) is 11.8 Å². The number of nitrogens with two attached hydrogens (primary N) is 1. The fraction of sp³-hybridized carbons (Fsp3) is 0.250. The maximum atomic E-state index is 13.8. The van der Waals surface area contributed by atoms with Crippen molar-refractivity contribution in [2.75, 3.05) is 5.32 Å². The van der Waals surface area contributed by atoms with Gasteiger partial charge in [0, 0.05) is 15.8 Å². The molecule has 0 unspecified atom stereocenters. The van der Waals surface area contributed by atoms with E-state index in [0.717, 1.165) is 63.0 Å². The van der Waals surface area contributed by atoms with Crippen molar-refractivity contribution < 1.29 is 9.59 Å². The number of thiophene rings is 1. The second-order valence-corrected chi connectivity index (χ2v) is 10.3. The van der Waals surface area contributed by atoms with Gasteiger partial charge in [-0.1, -0.05) is 55.0 Å². The first-order chi connectivity index (χ1) is 16.3. The summed E-state index contributed by atoms with van der Waals surface area (Å²) < 4.78 is 0. The Morgan fingerprint density at radius 1 is 1.06 bits per heavy atom. The van der Waals surface area contributed by atoms with Gasteiger partial charge in [0.05, 0.1) is 22.3 Å². The van der Waals surface area contributed by atoms with Crippen LogP contribution in [0, 0.1) is 19.8 Å². The van der Waals surface area contributed by atoms with Crippen LogP contribution in [0.3, 0.4) is 0 Å². The van der Waals surface area contributed by atoms with Gasteiger partial charge in [0.15, 0.2) is 0 Å².